The molecule has 0 aromatic carbocycles. The number of hydrogen-bond donors (Lipinski definition) is 0. The summed E-state index contributed by atoms with van der Waals surface area (Å²) in [7, 11) is 0. The second kappa shape index (κ2) is 7.21. The minimum Gasteiger partial charge on any atom is -0.477 e. The topological polar surface area (TPSA) is 64.0 Å². The van der Waals surface area contributed by atoms with E-state index in [2.05, 4.69) is 40.8 Å². The normalized spacial score (nSPS) is 15.7. The molecular formula is C16H20BrN5O. The molecule has 0 amide bonds. The first kappa shape index (κ1) is 16.1. The summed E-state index contributed by atoms with van der Waals surface area (Å²) in [6.45, 7) is 6.58. The van der Waals surface area contributed by atoms with Crippen molar-refractivity contribution in [2.24, 2.45) is 5.92 Å². The van der Waals surface area contributed by atoms with Gasteiger partial charge in [0.2, 0.25) is 11.8 Å². The van der Waals surface area contributed by atoms with Crippen LogP contribution in [0.25, 0.3) is 0 Å². The molecule has 0 bridgehead atoms. The predicted octanol–water partition coefficient (Wildman–Crippen LogP) is 2.94. The van der Waals surface area contributed by atoms with Crippen molar-refractivity contribution in [3.8, 4) is 5.88 Å². The van der Waals surface area contributed by atoms with Crippen LogP contribution in [0.5, 0.6) is 5.88 Å². The summed E-state index contributed by atoms with van der Waals surface area (Å²) >= 11 is 3.36. The van der Waals surface area contributed by atoms with Crippen LogP contribution in [-0.4, -0.2) is 39.6 Å². The second-order valence-electron chi connectivity index (χ2n) is 5.83. The summed E-state index contributed by atoms with van der Waals surface area (Å²) in [4.78, 5) is 19.3. The Bertz CT molecular complexity index is 656. The van der Waals surface area contributed by atoms with Crippen molar-refractivity contribution in [2.75, 3.05) is 24.6 Å². The highest BCUT2D eigenvalue weighted by molar-refractivity contribution is 9.10. The predicted molar refractivity (Wildman–Crippen MR) is 91.7 cm³/mol. The van der Waals surface area contributed by atoms with E-state index in [1.165, 1.54) is 0 Å². The first-order valence-corrected chi connectivity index (χ1v) is 8.56. The van der Waals surface area contributed by atoms with Gasteiger partial charge < -0.3 is 9.64 Å². The Labute approximate surface area is 144 Å². The molecular weight excluding hydrogens is 358 g/mol. The summed E-state index contributed by atoms with van der Waals surface area (Å²) in [5.74, 6) is 2.04. The third kappa shape index (κ3) is 3.96. The van der Waals surface area contributed by atoms with Crippen molar-refractivity contribution in [1.82, 2.24) is 19.9 Å². The lowest BCUT2D eigenvalue weighted by Crippen LogP contribution is -2.36. The van der Waals surface area contributed by atoms with Gasteiger partial charge in [-0.05, 0) is 48.5 Å². The van der Waals surface area contributed by atoms with Crippen molar-refractivity contribution in [3.63, 3.8) is 0 Å². The Morgan fingerprint density at radius 1 is 1.13 bits per heavy atom. The first-order valence-electron chi connectivity index (χ1n) is 7.77. The SMILES string of the molecule is Cc1ncnc(OCC2CCN(c3ncc(Br)cn3)CC2)c1C. The number of halogens is 1. The van der Waals surface area contributed by atoms with Crippen LogP contribution in [-0.2, 0) is 0 Å². The van der Waals surface area contributed by atoms with Crippen LogP contribution in [0.3, 0.4) is 0 Å². The number of aromatic nitrogens is 4. The number of rotatable bonds is 4. The fourth-order valence-corrected chi connectivity index (χ4v) is 2.83. The molecule has 0 aliphatic carbocycles. The number of aryl methyl sites for hydroxylation is 1. The molecule has 1 fully saturated rings. The Morgan fingerprint density at radius 2 is 1.83 bits per heavy atom. The van der Waals surface area contributed by atoms with E-state index in [-0.39, 0.29) is 0 Å². The summed E-state index contributed by atoms with van der Waals surface area (Å²) in [5, 5.41) is 0. The summed E-state index contributed by atoms with van der Waals surface area (Å²) in [6, 6.07) is 0. The lowest BCUT2D eigenvalue weighted by Gasteiger charge is -2.31. The minimum atomic E-state index is 0.538. The van der Waals surface area contributed by atoms with Crippen LogP contribution in [0, 0.1) is 19.8 Å². The fraction of sp³-hybridized carbons (Fsp3) is 0.500. The third-order valence-corrected chi connectivity index (χ3v) is 4.66. The minimum absolute atomic E-state index is 0.538. The first-order chi connectivity index (χ1) is 11.1. The van der Waals surface area contributed by atoms with Crippen molar-refractivity contribution >= 4 is 21.9 Å². The molecule has 0 saturated carbocycles. The van der Waals surface area contributed by atoms with Crippen molar-refractivity contribution < 1.29 is 4.74 Å². The van der Waals surface area contributed by atoms with Crippen LogP contribution in [0.15, 0.2) is 23.2 Å². The van der Waals surface area contributed by atoms with Gasteiger partial charge in [-0.2, -0.15) is 0 Å². The van der Waals surface area contributed by atoms with Gasteiger partial charge in [-0.3, -0.25) is 0 Å². The Kier molecular flexibility index (Phi) is 5.05. The average Bonchev–Trinajstić information content (AvgIpc) is 2.57. The molecule has 0 spiro atoms. The molecule has 2 aromatic rings. The molecule has 1 aliphatic heterocycles. The monoisotopic (exact) mass is 377 g/mol. The maximum Gasteiger partial charge on any atom is 0.225 e. The number of ether oxygens (including phenoxy) is 1. The fourth-order valence-electron chi connectivity index (χ4n) is 2.63. The lowest BCUT2D eigenvalue weighted by atomic mass is 9.98. The molecule has 0 unspecified atom stereocenters. The third-order valence-electron chi connectivity index (χ3n) is 4.25. The number of nitrogens with zero attached hydrogens (tertiary/aromatic N) is 5. The van der Waals surface area contributed by atoms with E-state index < -0.39 is 0 Å². The van der Waals surface area contributed by atoms with E-state index in [1.54, 1.807) is 18.7 Å². The molecule has 0 radical (unpaired) electrons. The molecule has 23 heavy (non-hydrogen) atoms. The summed E-state index contributed by atoms with van der Waals surface area (Å²) in [5.41, 5.74) is 1.99. The maximum absolute atomic E-state index is 5.91. The zero-order valence-electron chi connectivity index (χ0n) is 13.4. The van der Waals surface area contributed by atoms with Crippen molar-refractivity contribution in [3.05, 3.63) is 34.5 Å². The molecule has 0 atom stereocenters. The molecule has 6 nitrogen and oxygen atoms in total. The van der Waals surface area contributed by atoms with Gasteiger partial charge in [0.05, 0.1) is 11.1 Å². The van der Waals surface area contributed by atoms with E-state index in [9.17, 15) is 0 Å². The van der Waals surface area contributed by atoms with Crippen molar-refractivity contribution in [1.29, 1.82) is 0 Å². The van der Waals surface area contributed by atoms with E-state index in [4.69, 9.17) is 4.74 Å². The van der Waals surface area contributed by atoms with Gasteiger partial charge in [-0.25, -0.2) is 19.9 Å². The number of piperidine rings is 1. The average molecular weight is 378 g/mol. The molecule has 0 N–H and O–H groups in total. The molecule has 122 valence electrons. The molecule has 1 aliphatic rings. The van der Waals surface area contributed by atoms with E-state index in [0.29, 0.717) is 18.4 Å². The highest BCUT2D eigenvalue weighted by Gasteiger charge is 2.22. The van der Waals surface area contributed by atoms with Crippen LogP contribution >= 0.6 is 15.9 Å². The van der Waals surface area contributed by atoms with E-state index in [1.807, 2.05) is 13.8 Å². The quantitative estimate of drug-likeness (QED) is 0.815. The van der Waals surface area contributed by atoms with Gasteiger partial charge >= 0.3 is 0 Å². The van der Waals surface area contributed by atoms with Crippen LogP contribution < -0.4 is 9.64 Å². The standard InChI is InChI=1S/C16H20BrN5O/c1-11-12(2)20-10-21-15(11)23-9-13-3-5-22(6-4-13)16-18-7-14(17)8-19-16/h7-8,10,13H,3-6,9H2,1-2H3. The molecule has 7 heteroatoms. The smallest absolute Gasteiger partial charge is 0.225 e. The van der Waals surface area contributed by atoms with Gasteiger partial charge in [0, 0.05) is 36.7 Å². The zero-order valence-corrected chi connectivity index (χ0v) is 15.0. The van der Waals surface area contributed by atoms with Gasteiger partial charge in [0.1, 0.15) is 6.33 Å². The van der Waals surface area contributed by atoms with Gasteiger partial charge in [0.25, 0.3) is 0 Å². The molecule has 3 heterocycles. The van der Waals surface area contributed by atoms with E-state index >= 15 is 0 Å². The maximum atomic E-state index is 5.91. The Morgan fingerprint density at radius 3 is 2.52 bits per heavy atom. The zero-order chi connectivity index (χ0) is 16.2. The lowest BCUT2D eigenvalue weighted by molar-refractivity contribution is 0.214. The summed E-state index contributed by atoms with van der Waals surface area (Å²) in [6.07, 6.45) is 7.28. The number of anilines is 1. The largest absolute Gasteiger partial charge is 0.477 e. The Hall–Kier alpha value is -1.76. The highest BCUT2D eigenvalue weighted by atomic mass is 79.9. The number of hydrogen-bond acceptors (Lipinski definition) is 6. The van der Waals surface area contributed by atoms with Gasteiger partial charge in [-0.15, -0.1) is 0 Å². The van der Waals surface area contributed by atoms with Crippen LogP contribution in [0.1, 0.15) is 24.1 Å². The highest BCUT2D eigenvalue weighted by Crippen LogP contribution is 2.23. The Balaban J connectivity index is 1.51. The van der Waals surface area contributed by atoms with Gasteiger partial charge in [-0.1, -0.05) is 0 Å². The van der Waals surface area contributed by atoms with Crippen LogP contribution in [0.2, 0.25) is 0 Å². The van der Waals surface area contributed by atoms with Crippen molar-refractivity contribution in [2.45, 2.75) is 26.7 Å². The molecule has 2 aromatic heterocycles. The van der Waals surface area contributed by atoms with Crippen LogP contribution in [0.4, 0.5) is 5.95 Å². The molecule has 3 rings (SSSR count). The van der Waals surface area contributed by atoms with Gasteiger partial charge in [0.15, 0.2) is 0 Å². The molecule has 1 saturated heterocycles. The van der Waals surface area contributed by atoms with E-state index in [0.717, 1.165) is 47.6 Å². The summed E-state index contributed by atoms with van der Waals surface area (Å²) < 4.78 is 6.81. The second-order valence-corrected chi connectivity index (χ2v) is 6.75.